The lowest BCUT2D eigenvalue weighted by Gasteiger charge is -2.25. The molecule has 104 valence electrons. The van der Waals surface area contributed by atoms with Gasteiger partial charge in [-0.2, -0.15) is 0 Å². The Bertz CT molecular complexity index is 484. The van der Waals surface area contributed by atoms with Crippen LogP contribution < -0.4 is 11.3 Å². The van der Waals surface area contributed by atoms with Crippen molar-refractivity contribution < 1.29 is 0 Å². The molecular formula is C14H22N4S. The molecule has 0 spiro atoms. The first-order valence-corrected chi connectivity index (χ1v) is 8.10. The quantitative estimate of drug-likeness (QED) is 0.653. The maximum atomic E-state index is 5.73. The van der Waals surface area contributed by atoms with Crippen LogP contribution in [0.4, 0.5) is 0 Å². The zero-order valence-corrected chi connectivity index (χ0v) is 12.0. The number of fused-ring (bicyclic) bond motifs is 1. The summed E-state index contributed by atoms with van der Waals surface area (Å²) < 4.78 is 2.09. The van der Waals surface area contributed by atoms with E-state index in [1.807, 2.05) is 0 Å². The van der Waals surface area contributed by atoms with Crippen LogP contribution in [0, 0.1) is 5.92 Å². The van der Waals surface area contributed by atoms with Crippen LogP contribution in [0.15, 0.2) is 17.8 Å². The molecule has 1 fully saturated rings. The number of aromatic nitrogens is 2. The van der Waals surface area contributed by atoms with Gasteiger partial charge in [-0.25, -0.2) is 4.98 Å². The lowest BCUT2D eigenvalue weighted by atomic mass is 9.84. The van der Waals surface area contributed by atoms with Crippen molar-refractivity contribution in [1.82, 2.24) is 14.8 Å². The van der Waals surface area contributed by atoms with Gasteiger partial charge < -0.3 is 0 Å². The van der Waals surface area contributed by atoms with Crippen LogP contribution in [-0.2, 0) is 6.42 Å². The molecule has 2 heterocycles. The molecule has 0 bridgehead atoms. The predicted molar refractivity (Wildman–Crippen MR) is 79.1 cm³/mol. The lowest BCUT2D eigenvalue weighted by molar-refractivity contribution is 0.297. The molecule has 5 heteroatoms. The Hall–Kier alpha value is -0.910. The van der Waals surface area contributed by atoms with Gasteiger partial charge >= 0.3 is 0 Å². The molecule has 0 aromatic carbocycles. The second kappa shape index (κ2) is 6.03. The number of hydrogen-bond donors (Lipinski definition) is 2. The Morgan fingerprint density at radius 2 is 2.26 bits per heavy atom. The van der Waals surface area contributed by atoms with Crippen molar-refractivity contribution in [3.8, 4) is 0 Å². The second-order valence-corrected chi connectivity index (χ2v) is 6.51. The number of nitrogens with zero attached hydrogens (tertiary/aromatic N) is 2. The number of hydrazine groups is 1. The number of rotatable bonds is 5. The Morgan fingerprint density at radius 1 is 1.42 bits per heavy atom. The average Bonchev–Trinajstić information content (AvgIpc) is 3.00. The zero-order valence-electron chi connectivity index (χ0n) is 11.2. The van der Waals surface area contributed by atoms with E-state index in [1.54, 1.807) is 11.3 Å². The van der Waals surface area contributed by atoms with E-state index in [1.165, 1.54) is 38.5 Å². The van der Waals surface area contributed by atoms with Crippen molar-refractivity contribution in [2.45, 2.75) is 51.0 Å². The monoisotopic (exact) mass is 278 g/mol. The summed E-state index contributed by atoms with van der Waals surface area (Å²) in [5.74, 6) is 6.57. The van der Waals surface area contributed by atoms with Crippen LogP contribution in [-0.4, -0.2) is 15.4 Å². The molecule has 2 aromatic rings. The van der Waals surface area contributed by atoms with Crippen molar-refractivity contribution in [3.05, 3.63) is 23.5 Å². The number of nitrogens with two attached hydrogens (primary N) is 1. The van der Waals surface area contributed by atoms with E-state index in [0.29, 0.717) is 6.04 Å². The Balaban J connectivity index is 1.60. The molecule has 1 unspecified atom stereocenters. The maximum absolute atomic E-state index is 5.73. The third-order valence-electron chi connectivity index (χ3n) is 4.18. The molecule has 0 radical (unpaired) electrons. The van der Waals surface area contributed by atoms with Crippen molar-refractivity contribution in [2.75, 3.05) is 0 Å². The molecule has 1 atom stereocenters. The highest BCUT2D eigenvalue weighted by atomic mass is 32.1. The minimum Gasteiger partial charge on any atom is -0.297 e. The first kappa shape index (κ1) is 13.1. The molecule has 4 nitrogen and oxygen atoms in total. The van der Waals surface area contributed by atoms with Crippen LogP contribution in [0.5, 0.6) is 0 Å². The van der Waals surface area contributed by atoms with E-state index >= 15 is 0 Å². The smallest absolute Gasteiger partial charge is 0.193 e. The van der Waals surface area contributed by atoms with Gasteiger partial charge in [0.05, 0.1) is 5.69 Å². The van der Waals surface area contributed by atoms with Gasteiger partial charge in [0.25, 0.3) is 0 Å². The maximum Gasteiger partial charge on any atom is 0.193 e. The Labute approximate surface area is 118 Å². The molecule has 2 aromatic heterocycles. The van der Waals surface area contributed by atoms with Gasteiger partial charge in [-0.15, -0.1) is 11.3 Å². The van der Waals surface area contributed by atoms with Gasteiger partial charge in [-0.05, 0) is 12.3 Å². The van der Waals surface area contributed by atoms with E-state index in [9.17, 15) is 0 Å². The van der Waals surface area contributed by atoms with Crippen LogP contribution >= 0.6 is 11.3 Å². The standard InChI is InChI=1S/C14H22N4S/c15-17-12(8-11-4-2-1-3-5-11)9-13-10-18-6-7-19-14(18)16-13/h6-7,10-12,17H,1-5,8-9,15H2. The normalized spacial score (nSPS) is 19.0. The molecule has 3 rings (SSSR count). The predicted octanol–water partition coefficient (Wildman–Crippen LogP) is 2.74. The summed E-state index contributed by atoms with van der Waals surface area (Å²) in [6.07, 6.45) is 13.2. The van der Waals surface area contributed by atoms with Crippen LogP contribution in [0.2, 0.25) is 0 Å². The third-order valence-corrected chi connectivity index (χ3v) is 4.95. The van der Waals surface area contributed by atoms with E-state index in [0.717, 1.165) is 23.0 Å². The minimum absolute atomic E-state index is 0.354. The molecular weight excluding hydrogens is 256 g/mol. The van der Waals surface area contributed by atoms with E-state index in [2.05, 4.69) is 32.6 Å². The van der Waals surface area contributed by atoms with E-state index in [-0.39, 0.29) is 0 Å². The SMILES string of the molecule is NNC(Cc1cn2ccsc2n1)CC1CCCCC1. The second-order valence-electron chi connectivity index (χ2n) is 5.63. The molecule has 0 amide bonds. The molecule has 1 aliphatic carbocycles. The number of hydrogen-bond acceptors (Lipinski definition) is 4. The topological polar surface area (TPSA) is 55.3 Å². The largest absolute Gasteiger partial charge is 0.297 e. The number of thiazole rings is 1. The minimum atomic E-state index is 0.354. The van der Waals surface area contributed by atoms with Crippen molar-refractivity contribution in [2.24, 2.45) is 11.8 Å². The summed E-state index contributed by atoms with van der Waals surface area (Å²) in [5.41, 5.74) is 4.13. The lowest BCUT2D eigenvalue weighted by Crippen LogP contribution is -2.38. The fraction of sp³-hybridized carbons (Fsp3) is 0.643. The summed E-state index contributed by atoms with van der Waals surface area (Å²) in [6, 6.07) is 0.354. The van der Waals surface area contributed by atoms with Crippen LogP contribution in [0.3, 0.4) is 0 Å². The fourth-order valence-electron chi connectivity index (χ4n) is 3.16. The summed E-state index contributed by atoms with van der Waals surface area (Å²) in [4.78, 5) is 5.71. The van der Waals surface area contributed by atoms with Crippen molar-refractivity contribution in [3.63, 3.8) is 0 Å². The molecule has 3 N–H and O–H groups in total. The summed E-state index contributed by atoms with van der Waals surface area (Å²) >= 11 is 1.68. The molecule has 0 saturated heterocycles. The fourth-order valence-corrected chi connectivity index (χ4v) is 3.88. The molecule has 19 heavy (non-hydrogen) atoms. The zero-order chi connectivity index (χ0) is 13.1. The molecule has 1 saturated carbocycles. The summed E-state index contributed by atoms with van der Waals surface area (Å²) in [5, 5.41) is 2.06. The summed E-state index contributed by atoms with van der Waals surface area (Å²) in [6.45, 7) is 0. The van der Waals surface area contributed by atoms with Crippen molar-refractivity contribution in [1.29, 1.82) is 0 Å². The van der Waals surface area contributed by atoms with Crippen LogP contribution in [0.1, 0.15) is 44.2 Å². The van der Waals surface area contributed by atoms with Gasteiger partial charge in [-0.3, -0.25) is 15.7 Å². The number of nitrogens with one attached hydrogen (secondary N) is 1. The Morgan fingerprint density at radius 3 is 3.00 bits per heavy atom. The third kappa shape index (κ3) is 3.16. The van der Waals surface area contributed by atoms with Gasteiger partial charge in [0.15, 0.2) is 4.96 Å². The first-order valence-electron chi connectivity index (χ1n) is 7.22. The average molecular weight is 278 g/mol. The van der Waals surface area contributed by atoms with Gasteiger partial charge in [0.1, 0.15) is 0 Å². The van der Waals surface area contributed by atoms with E-state index < -0.39 is 0 Å². The Kier molecular flexibility index (Phi) is 4.15. The highest BCUT2D eigenvalue weighted by Gasteiger charge is 2.19. The number of imidazole rings is 1. The molecule has 0 aliphatic heterocycles. The first-order chi connectivity index (χ1) is 9.35. The van der Waals surface area contributed by atoms with Gasteiger partial charge in [-0.1, -0.05) is 32.1 Å². The highest BCUT2D eigenvalue weighted by Crippen LogP contribution is 2.28. The molecule has 1 aliphatic rings. The van der Waals surface area contributed by atoms with E-state index in [4.69, 9.17) is 5.84 Å². The van der Waals surface area contributed by atoms with Gasteiger partial charge in [0.2, 0.25) is 0 Å². The highest BCUT2D eigenvalue weighted by molar-refractivity contribution is 7.15. The van der Waals surface area contributed by atoms with Crippen LogP contribution in [0.25, 0.3) is 4.96 Å². The van der Waals surface area contributed by atoms with Crippen molar-refractivity contribution >= 4 is 16.3 Å². The van der Waals surface area contributed by atoms with Gasteiger partial charge in [0, 0.05) is 30.2 Å². The summed E-state index contributed by atoms with van der Waals surface area (Å²) in [7, 11) is 0.